The zero-order valence-corrected chi connectivity index (χ0v) is 8.52. The number of rotatable bonds is 3. The molecule has 84 valence electrons. The molecule has 2 heterocycles. The number of methoxy groups -OCH3 is 2. The second kappa shape index (κ2) is 3.92. The highest BCUT2D eigenvalue weighted by atomic mass is 16.5. The quantitative estimate of drug-likeness (QED) is 0.658. The van der Waals surface area contributed by atoms with Crippen LogP contribution in [0.5, 0.6) is 12.0 Å². The highest BCUT2D eigenvalue weighted by molar-refractivity contribution is 5.25. The van der Waals surface area contributed by atoms with E-state index in [9.17, 15) is 0 Å². The lowest BCUT2D eigenvalue weighted by Crippen LogP contribution is -2.10. The standard InChI is InChI=1S/C6H8N8O2/c1-15-5-8-4(9-6(10-5)16-2)14-3(7)11-12-13-14/h1-2H3,(H2,7,11,13). The number of nitrogen functional groups attached to an aromatic ring is 1. The Hall–Kier alpha value is -2.52. The summed E-state index contributed by atoms with van der Waals surface area (Å²) < 4.78 is 10.9. The smallest absolute Gasteiger partial charge is 0.324 e. The topological polar surface area (TPSA) is 127 Å². The summed E-state index contributed by atoms with van der Waals surface area (Å²) in [7, 11) is 2.84. The number of hydrogen-bond donors (Lipinski definition) is 1. The van der Waals surface area contributed by atoms with Crippen LogP contribution in [0.1, 0.15) is 0 Å². The molecule has 2 N–H and O–H groups in total. The van der Waals surface area contributed by atoms with Gasteiger partial charge in [0.05, 0.1) is 14.2 Å². The third-order valence-electron chi connectivity index (χ3n) is 1.63. The van der Waals surface area contributed by atoms with Crippen LogP contribution in [0.25, 0.3) is 5.95 Å². The Kier molecular flexibility index (Phi) is 2.45. The molecule has 0 aliphatic carbocycles. The molecule has 2 aromatic heterocycles. The molecule has 0 aromatic carbocycles. The normalized spacial score (nSPS) is 10.1. The summed E-state index contributed by atoms with van der Waals surface area (Å²) in [6.45, 7) is 0. The van der Waals surface area contributed by atoms with E-state index in [1.54, 1.807) is 0 Å². The number of nitrogens with zero attached hydrogens (tertiary/aromatic N) is 7. The van der Waals surface area contributed by atoms with Crippen LogP contribution in [0.4, 0.5) is 5.95 Å². The van der Waals surface area contributed by atoms with Crippen molar-refractivity contribution >= 4 is 5.95 Å². The predicted octanol–water partition coefficient (Wildman–Crippen LogP) is -1.55. The summed E-state index contributed by atoms with van der Waals surface area (Å²) in [5.41, 5.74) is 5.50. The molecule has 0 saturated carbocycles. The van der Waals surface area contributed by atoms with Crippen LogP contribution in [-0.2, 0) is 0 Å². The number of hydrogen-bond acceptors (Lipinski definition) is 9. The lowest BCUT2D eigenvalue weighted by molar-refractivity contribution is 0.338. The minimum atomic E-state index is 0.0512. The molecule has 0 saturated heterocycles. The van der Waals surface area contributed by atoms with Gasteiger partial charge in [0, 0.05) is 0 Å². The summed E-state index contributed by atoms with van der Waals surface area (Å²) in [5.74, 6) is 0.168. The molecule has 16 heavy (non-hydrogen) atoms. The van der Waals surface area contributed by atoms with Crippen LogP contribution in [0.2, 0.25) is 0 Å². The van der Waals surface area contributed by atoms with Gasteiger partial charge in [0.25, 0.3) is 5.95 Å². The van der Waals surface area contributed by atoms with E-state index in [0.717, 1.165) is 4.68 Å². The summed E-state index contributed by atoms with van der Waals surface area (Å²) in [5, 5.41) is 10.5. The fourth-order valence-electron chi connectivity index (χ4n) is 0.942. The maximum atomic E-state index is 5.50. The zero-order chi connectivity index (χ0) is 11.5. The average Bonchev–Trinajstić information content (AvgIpc) is 2.74. The first-order valence-electron chi connectivity index (χ1n) is 4.13. The zero-order valence-electron chi connectivity index (χ0n) is 8.52. The van der Waals surface area contributed by atoms with Gasteiger partial charge in [-0.1, -0.05) is 5.10 Å². The summed E-state index contributed by atoms with van der Waals surface area (Å²) in [6, 6.07) is 0.161. The van der Waals surface area contributed by atoms with Crippen LogP contribution >= 0.6 is 0 Å². The Labute approximate surface area is 89.4 Å². The number of aromatic nitrogens is 7. The minimum Gasteiger partial charge on any atom is -0.467 e. The lowest BCUT2D eigenvalue weighted by Gasteiger charge is -2.04. The van der Waals surface area contributed by atoms with Crippen molar-refractivity contribution < 1.29 is 9.47 Å². The van der Waals surface area contributed by atoms with Crippen LogP contribution in [0, 0.1) is 0 Å². The molecular weight excluding hydrogens is 216 g/mol. The molecule has 0 aliphatic rings. The predicted molar refractivity (Wildman–Crippen MR) is 50.1 cm³/mol. The first-order valence-corrected chi connectivity index (χ1v) is 4.13. The van der Waals surface area contributed by atoms with Crippen molar-refractivity contribution in [3.63, 3.8) is 0 Å². The minimum absolute atomic E-state index is 0.0512. The summed E-state index contributed by atoms with van der Waals surface area (Å²) in [6.07, 6.45) is 0. The van der Waals surface area contributed by atoms with Crippen molar-refractivity contribution in [2.24, 2.45) is 0 Å². The van der Waals surface area contributed by atoms with Crippen LogP contribution in [-0.4, -0.2) is 49.4 Å². The first kappa shape index (κ1) is 10.0. The Morgan fingerprint density at radius 2 is 1.69 bits per heavy atom. The maximum absolute atomic E-state index is 5.50. The van der Waals surface area contributed by atoms with Gasteiger partial charge in [-0.25, -0.2) is 0 Å². The van der Waals surface area contributed by atoms with Crippen molar-refractivity contribution in [3.05, 3.63) is 0 Å². The molecule has 0 bridgehead atoms. The van der Waals surface area contributed by atoms with Crippen molar-refractivity contribution in [2.45, 2.75) is 0 Å². The molecule has 0 atom stereocenters. The molecule has 10 nitrogen and oxygen atoms in total. The van der Waals surface area contributed by atoms with Gasteiger partial charge in [-0.15, -0.1) is 9.67 Å². The van der Waals surface area contributed by atoms with Crippen molar-refractivity contribution in [1.82, 2.24) is 35.2 Å². The van der Waals surface area contributed by atoms with E-state index >= 15 is 0 Å². The molecule has 0 unspecified atom stereocenters. The molecule has 2 aromatic rings. The average molecular weight is 224 g/mol. The monoisotopic (exact) mass is 224 g/mol. The Balaban J connectivity index is 2.52. The van der Waals surface area contributed by atoms with E-state index < -0.39 is 0 Å². The van der Waals surface area contributed by atoms with Crippen LogP contribution < -0.4 is 15.2 Å². The Bertz CT molecular complexity index is 475. The van der Waals surface area contributed by atoms with Gasteiger partial charge in [0.1, 0.15) is 0 Å². The Morgan fingerprint density at radius 3 is 2.12 bits per heavy atom. The van der Waals surface area contributed by atoms with E-state index in [1.165, 1.54) is 14.2 Å². The molecule has 0 fully saturated rings. The van der Waals surface area contributed by atoms with Crippen LogP contribution in [0.3, 0.4) is 0 Å². The highest BCUT2D eigenvalue weighted by Crippen LogP contribution is 2.12. The fourth-order valence-corrected chi connectivity index (χ4v) is 0.942. The summed E-state index contributed by atoms with van der Waals surface area (Å²) in [4.78, 5) is 11.7. The number of tetrazole rings is 1. The van der Waals surface area contributed by atoms with Gasteiger partial charge >= 0.3 is 12.0 Å². The maximum Gasteiger partial charge on any atom is 0.324 e. The molecule has 0 aliphatic heterocycles. The number of anilines is 1. The molecule has 0 radical (unpaired) electrons. The van der Waals surface area contributed by atoms with Gasteiger partial charge in [-0.05, 0) is 10.4 Å². The van der Waals surface area contributed by atoms with Crippen molar-refractivity contribution in [2.75, 3.05) is 20.0 Å². The van der Waals surface area contributed by atoms with E-state index in [-0.39, 0.29) is 23.9 Å². The molecule has 0 amide bonds. The third-order valence-corrected chi connectivity index (χ3v) is 1.63. The first-order chi connectivity index (χ1) is 7.74. The van der Waals surface area contributed by atoms with Crippen molar-refractivity contribution in [1.29, 1.82) is 0 Å². The van der Waals surface area contributed by atoms with Gasteiger partial charge in [0.15, 0.2) is 0 Å². The SMILES string of the molecule is COc1nc(OC)nc(-n2nnnc2N)n1. The molecular formula is C6H8N8O2. The van der Waals surface area contributed by atoms with E-state index in [4.69, 9.17) is 15.2 Å². The molecule has 10 heteroatoms. The largest absolute Gasteiger partial charge is 0.467 e. The van der Waals surface area contributed by atoms with Crippen molar-refractivity contribution in [3.8, 4) is 18.0 Å². The second-order valence-electron chi connectivity index (χ2n) is 2.56. The molecule has 2 rings (SSSR count). The van der Waals surface area contributed by atoms with Gasteiger partial charge in [-0.3, -0.25) is 0 Å². The number of nitrogens with two attached hydrogens (primary N) is 1. The van der Waals surface area contributed by atoms with Gasteiger partial charge in [-0.2, -0.15) is 9.97 Å². The van der Waals surface area contributed by atoms with Crippen LogP contribution in [0.15, 0.2) is 0 Å². The highest BCUT2D eigenvalue weighted by Gasteiger charge is 2.12. The lowest BCUT2D eigenvalue weighted by atomic mass is 10.8. The number of ether oxygens (including phenoxy) is 2. The van der Waals surface area contributed by atoms with E-state index in [0.29, 0.717) is 0 Å². The fraction of sp³-hybridized carbons (Fsp3) is 0.333. The van der Waals surface area contributed by atoms with E-state index in [1.807, 2.05) is 0 Å². The second-order valence-corrected chi connectivity index (χ2v) is 2.56. The van der Waals surface area contributed by atoms with Gasteiger partial charge < -0.3 is 15.2 Å². The van der Waals surface area contributed by atoms with Gasteiger partial charge in [0.2, 0.25) is 5.95 Å². The Morgan fingerprint density at radius 1 is 1.06 bits per heavy atom. The molecule has 0 spiro atoms. The van der Waals surface area contributed by atoms with E-state index in [2.05, 4.69) is 30.5 Å². The summed E-state index contributed by atoms with van der Waals surface area (Å²) >= 11 is 0. The third kappa shape index (κ3) is 1.67.